The maximum Gasteiger partial charge on any atom is 0.222 e. The van der Waals surface area contributed by atoms with E-state index in [1.54, 1.807) is 0 Å². The zero-order chi connectivity index (χ0) is 7.56. The van der Waals surface area contributed by atoms with Gasteiger partial charge in [0, 0.05) is 5.92 Å². The Hall–Kier alpha value is -0.570. The van der Waals surface area contributed by atoms with Crippen LogP contribution in [0.2, 0.25) is 0 Å². The molecule has 3 nitrogen and oxygen atoms in total. The summed E-state index contributed by atoms with van der Waals surface area (Å²) in [6.07, 6.45) is 0. The van der Waals surface area contributed by atoms with Crippen LogP contribution in [0, 0.1) is 5.92 Å². The zero-order valence-electron chi connectivity index (χ0n) is 6.39. The number of amides is 1. The van der Waals surface area contributed by atoms with Crippen LogP contribution in [0.1, 0.15) is 13.8 Å². The van der Waals surface area contributed by atoms with Crippen molar-refractivity contribution < 1.29 is 9.53 Å². The van der Waals surface area contributed by atoms with Crippen LogP contribution < -0.4 is 5.32 Å². The van der Waals surface area contributed by atoms with E-state index in [-0.39, 0.29) is 17.9 Å². The molecule has 10 heavy (non-hydrogen) atoms. The monoisotopic (exact) mass is 143 g/mol. The summed E-state index contributed by atoms with van der Waals surface area (Å²) in [7, 11) is 0. The van der Waals surface area contributed by atoms with Gasteiger partial charge in [-0.05, 0) is 0 Å². The summed E-state index contributed by atoms with van der Waals surface area (Å²) in [4.78, 5) is 11.0. The molecule has 0 spiro atoms. The van der Waals surface area contributed by atoms with E-state index < -0.39 is 0 Å². The molecule has 1 rings (SSSR count). The molecule has 0 aromatic heterocycles. The molecule has 0 aliphatic carbocycles. The number of carbonyl (C=O) groups is 1. The minimum Gasteiger partial charge on any atom is -0.377 e. The van der Waals surface area contributed by atoms with Crippen LogP contribution in [-0.2, 0) is 9.53 Å². The highest BCUT2D eigenvalue weighted by Gasteiger charge is 2.21. The summed E-state index contributed by atoms with van der Waals surface area (Å²) < 4.78 is 4.90. The van der Waals surface area contributed by atoms with Crippen LogP contribution >= 0.6 is 0 Å². The fourth-order valence-corrected chi connectivity index (χ4v) is 0.687. The Morgan fingerprint density at radius 1 is 1.60 bits per heavy atom. The van der Waals surface area contributed by atoms with E-state index in [0.717, 1.165) is 0 Å². The maximum absolute atomic E-state index is 11.0. The third-order valence-corrected chi connectivity index (χ3v) is 1.51. The Bertz CT molecular complexity index is 130. The maximum atomic E-state index is 11.0. The smallest absolute Gasteiger partial charge is 0.222 e. The fraction of sp³-hybridized carbons (Fsp3) is 0.857. The fourth-order valence-electron chi connectivity index (χ4n) is 0.687. The Kier molecular flexibility index (Phi) is 2.27. The minimum absolute atomic E-state index is 0.0839. The third-order valence-electron chi connectivity index (χ3n) is 1.51. The van der Waals surface area contributed by atoms with Crippen molar-refractivity contribution in [3.8, 4) is 0 Å². The van der Waals surface area contributed by atoms with Crippen molar-refractivity contribution >= 4 is 5.91 Å². The van der Waals surface area contributed by atoms with Crippen molar-refractivity contribution in [2.75, 3.05) is 13.2 Å². The highest BCUT2D eigenvalue weighted by molar-refractivity contribution is 5.78. The first kappa shape index (κ1) is 7.54. The zero-order valence-corrected chi connectivity index (χ0v) is 6.39. The lowest BCUT2D eigenvalue weighted by Crippen LogP contribution is -2.49. The number of rotatable bonds is 2. The average molecular weight is 143 g/mol. The molecular weight excluding hydrogens is 130 g/mol. The van der Waals surface area contributed by atoms with Gasteiger partial charge in [0.1, 0.15) is 0 Å². The van der Waals surface area contributed by atoms with E-state index in [9.17, 15) is 4.79 Å². The molecule has 1 N–H and O–H groups in total. The Labute approximate surface area is 60.7 Å². The number of nitrogens with one attached hydrogen (secondary N) is 1. The average Bonchev–Trinajstić information content (AvgIpc) is 1.77. The lowest BCUT2D eigenvalue weighted by atomic mass is 10.2. The van der Waals surface area contributed by atoms with Gasteiger partial charge < -0.3 is 10.1 Å². The van der Waals surface area contributed by atoms with Gasteiger partial charge in [-0.15, -0.1) is 0 Å². The van der Waals surface area contributed by atoms with Crippen molar-refractivity contribution in [3.63, 3.8) is 0 Å². The second-order valence-corrected chi connectivity index (χ2v) is 2.90. The first-order chi connectivity index (χ1) is 4.70. The summed E-state index contributed by atoms with van der Waals surface area (Å²) in [6.45, 7) is 5.13. The molecule has 3 heteroatoms. The summed E-state index contributed by atoms with van der Waals surface area (Å²) in [5.74, 6) is 0.203. The van der Waals surface area contributed by atoms with E-state index in [4.69, 9.17) is 4.74 Å². The molecule has 1 heterocycles. The predicted octanol–water partition coefficient (Wildman–Crippen LogP) is 0.157. The summed E-state index contributed by atoms with van der Waals surface area (Å²) in [5.41, 5.74) is 0. The van der Waals surface area contributed by atoms with E-state index in [2.05, 4.69) is 5.32 Å². The molecule has 0 aromatic rings. The number of ether oxygens (including phenoxy) is 1. The van der Waals surface area contributed by atoms with Gasteiger partial charge in [-0.25, -0.2) is 0 Å². The molecule has 0 saturated carbocycles. The molecule has 0 atom stereocenters. The van der Waals surface area contributed by atoms with E-state index >= 15 is 0 Å². The van der Waals surface area contributed by atoms with Crippen LogP contribution in [0.5, 0.6) is 0 Å². The van der Waals surface area contributed by atoms with Crippen LogP contribution in [0.4, 0.5) is 0 Å². The molecule has 1 aliphatic heterocycles. The molecule has 0 radical (unpaired) electrons. The van der Waals surface area contributed by atoms with E-state index in [1.165, 1.54) is 0 Å². The highest BCUT2D eigenvalue weighted by Crippen LogP contribution is 2.01. The Morgan fingerprint density at radius 3 is 2.50 bits per heavy atom. The van der Waals surface area contributed by atoms with Gasteiger partial charge in [-0.2, -0.15) is 0 Å². The quantitative estimate of drug-likeness (QED) is 0.598. The first-order valence-electron chi connectivity index (χ1n) is 3.58. The van der Waals surface area contributed by atoms with Gasteiger partial charge in [0.05, 0.1) is 19.3 Å². The molecular formula is C7H13NO2. The molecule has 0 unspecified atom stereocenters. The molecule has 1 aliphatic rings. The van der Waals surface area contributed by atoms with Crippen molar-refractivity contribution in [1.82, 2.24) is 5.32 Å². The number of carbonyl (C=O) groups excluding carboxylic acids is 1. The Morgan fingerprint density at radius 2 is 2.20 bits per heavy atom. The van der Waals surface area contributed by atoms with Gasteiger partial charge in [0.2, 0.25) is 5.91 Å². The number of hydrogen-bond acceptors (Lipinski definition) is 2. The van der Waals surface area contributed by atoms with Crippen LogP contribution in [0.3, 0.4) is 0 Å². The molecule has 0 bridgehead atoms. The lowest BCUT2D eigenvalue weighted by molar-refractivity contribution is -0.128. The van der Waals surface area contributed by atoms with Crippen molar-refractivity contribution in [1.29, 1.82) is 0 Å². The van der Waals surface area contributed by atoms with E-state index in [0.29, 0.717) is 13.2 Å². The molecule has 0 aromatic carbocycles. The molecule has 1 fully saturated rings. The SMILES string of the molecule is CC(C)C(=O)NC1COC1. The second kappa shape index (κ2) is 3.01. The summed E-state index contributed by atoms with van der Waals surface area (Å²) in [5, 5.41) is 2.85. The van der Waals surface area contributed by atoms with Crippen LogP contribution in [-0.4, -0.2) is 25.2 Å². The largest absolute Gasteiger partial charge is 0.377 e. The van der Waals surface area contributed by atoms with Gasteiger partial charge >= 0.3 is 0 Å². The minimum atomic E-state index is 0.0839. The molecule has 1 saturated heterocycles. The summed E-state index contributed by atoms with van der Waals surface area (Å²) >= 11 is 0. The molecule has 58 valence electrons. The van der Waals surface area contributed by atoms with Crippen molar-refractivity contribution in [2.45, 2.75) is 19.9 Å². The second-order valence-electron chi connectivity index (χ2n) is 2.90. The summed E-state index contributed by atoms with van der Waals surface area (Å²) in [6, 6.07) is 0.273. The van der Waals surface area contributed by atoms with Gasteiger partial charge in [-0.3, -0.25) is 4.79 Å². The normalized spacial score (nSPS) is 18.7. The Balaban J connectivity index is 2.17. The van der Waals surface area contributed by atoms with Gasteiger partial charge in [0.15, 0.2) is 0 Å². The molecule has 1 amide bonds. The third kappa shape index (κ3) is 1.70. The first-order valence-corrected chi connectivity index (χ1v) is 3.58. The predicted molar refractivity (Wildman–Crippen MR) is 37.6 cm³/mol. The van der Waals surface area contributed by atoms with Crippen LogP contribution in [0.25, 0.3) is 0 Å². The number of hydrogen-bond donors (Lipinski definition) is 1. The van der Waals surface area contributed by atoms with Crippen molar-refractivity contribution in [2.24, 2.45) is 5.92 Å². The topological polar surface area (TPSA) is 38.3 Å². The van der Waals surface area contributed by atoms with Crippen LogP contribution in [0.15, 0.2) is 0 Å². The van der Waals surface area contributed by atoms with E-state index in [1.807, 2.05) is 13.8 Å². The lowest BCUT2D eigenvalue weighted by Gasteiger charge is -2.27. The van der Waals surface area contributed by atoms with Crippen molar-refractivity contribution in [3.05, 3.63) is 0 Å². The van der Waals surface area contributed by atoms with Gasteiger partial charge in [0.25, 0.3) is 0 Å². The van der Waals surface area contributed by atoms with Gasteiger partial charge in [-0.1, -0.05) is 13.8 Å². The highest BCUT2D eigenvalue weighted by atomic mass is 16.5. The standard InChI is InChI=1S/C7H13NO2/c1-5(2)7(9)8-6-3-10-4-6/h5-6H,3-4H2,1-2H3,(H,8,9).